The van der Waals surface area contributed by atoms with Crippen LogP contribution in [0.5, 0.6) is 5.75 Å². The second-order valence-corrected chi connectivity index (χ2v) is 5.67. The summed E-state index contributed by atoms with van der Waals surface area (Å²) < 4.78 is 7.33. The first-order chi connectivity index (χ1) is 9.81. The van der Waals surface area contributed by atoms with E-state index in [2.05, 4.69) is 31.2 Å². The van der Waals surface area contributed by atoms with Gasteiger partial charge in [0, 0.05) is 16.6 Å². The molecule has 1 aliphatic heterocycles. The van der Waals surface area contributed by atoms with Gasteiger partial charge in [-0.15, -0.1) is 10.2 Å². The fourth-order valence-corrected chi connectivity index (χ4v) is 3.28. The summed E-state index contributed by atoms with van der Waals surface area (Å²) in [4.78, 5) is 0. The Bertz CT molecular complexity index is 656. The number of halogens is 1. The number of hydrogen-bond donors (Lipinski definition) is 0. The van der Waals surface area contributed by atoms with Crippen LogP contribution in [-0.4, -0.2) is 38.3 Å². The van der Waals surface area contributed by atoms with Gasteiger partial charge in [0.1, 0.15) is 5.75 Å². The molecule has 0 aliphatic carbocycles. The highest BCUT2D eigenvalue weighted by atomic mass is 79.9. The molecule has 1 aromatic heterocycles. The van der Waals surface area contributed by atoms with Crippen LogP contribution in [0.4, 0.5) is 0 Å². The van der Waals surface area contributed by atoms with E-state index in [1.807, 2.05) is 31.2 Å². The van der Waals surface area contributed by atoms with E-state index in [0.29, 0.717) is 6.61 Å². The van der Waals surface area contributed by atoms with Crippen LogP contribution in [-0.2, 0) is 0 Å². The number of alkyl halides is 1. The molecule has 0 atom stereocenters. The molecule has 0 bridgehead atoms. The number of nitrogens with zero attached hydrogens (tertiary/aromatic N) is 4. The number of ether oxygens (including phenoxy) is 1. The predicted octanol–water partition coefficient (Wildman–Crippen LogP) is 3.05. The van der Waals surface area contributed by atoms with Gasteiger partial charge in [0.15, 0.2) is 5.82 Å². The van der Waals surface area contributed by atoms with Gasteiger partial charge in [-0.3, -0.25) is 0 Å². The predicted molar refractivity (Wildman–Crippen MR) is 84.0 cm³/mol. The minimum atomic E-state index is 0.642. The van der Waals surface area contributed by atoms with Gasteiger partial charge in [-0.1, -0.05) is 39.8 Å². The molecular weight excluding hydrogens is 340 g/mol. The van der Waals surface area contributed by atoms with E-state index >= 15 is 0 Å². The highest BCUT2D eigenvalue weighted by Crippen LogP contribution is 2.28. The van der Waals surface area contributed by atoms with Crippen LogP contribution in [0.3, 0.4) is 0 Å². The van der Waals surface area contributed by atoms with E-state index in [1.54, 1.807) is 16.4 Å². The third kappa shape index (κ3) is 2.60. The van der Waals surface area contributed by atoms with Crippen LogP contribution >= 0.6 is 27.7 Å². The molecule has 0 N–H and O–H groups in total. The molecule has 20 heavy (non-hydrogen) atoms. The fourth-order valence-electron chi connectivity index (χ4n) is 1.90. The standard InChI is InChI=1S/C13H13BrN4OS/c1-2-19-11-5-3-4-9(6-11)12-15-16-13-18(12)17-10(7-14)8-20-13/h3-6H,2,7-8H2,1H3. The molecule has 104 valence electrons. The Morgan fingerprint density at radius 1 is 1.40 bits per heavy atom. The molecule has 0 unspecified atom stereocenters. The molecule has 0 saturated heterocycles. The molecule has 3 rings (SSSR count). The topological polar surface area (TPSA) is 52.3 Å². The number of benzene rings is 1. The van der Waals surface area contributed by atoms with Crippen molar-refractivity contribution < 1.29 is 4.74 Å². The van der Waals surface area contributed by atoms with E-state index in [4.69, 9.17) is 4.74 Å². The summed E-state index contributed by atoms with van der Waals surface area (Å²) in [6, 6.07) is 7.83. The Hall–Kier alpha value is -1.34. The molecule has 0 fully saturated rings. The lowest BCUT2D eigenvalue weighted by molar-refractivity contribution is 0.340. The first-order valence-electron chi connectivity index (χ1n) is 6.26. The summed E-state index contributed by atoms with van der Waals surface area (Å²) in [6.45, 7) is 2.61. The minimum absolute atomic E-state index is 0.642. The molecule has 0 amide bonds. The van der Waals surface area contributed by atoms with Crippen LogP contribution in [0.1, 0.15) is 6.92 Å². The Morgan fingerprint density at radius 2 is 2.30 bits per heavy atom. The Labute approximate surface area is 129 Å². The van der Waals surface area contributed by atoms with E-state index in [1.165, 1.54) is 0 Å². The molecule has 1 aromatic carbocycles. The summed E-state index contributed by atoms with van der Waals surface area (Å²) in [7, 11) is 0. The maximum Gasteiger partial charge on any atom is 0.212 e. The number of fused-ring (bicyclic) bond motifs is 1. The zero-order valence-electron chi connectivity index (χ0n) is 10.9. The van der Waals surface area contributed by atoms with Crippen LogP contribution in [0.25, 0.3) is 11.4 Å². The van der Waals surface area contributed by atoms with E-state index in [9.17, 15) is 0 Å². The van der Waals surface area contributed by atoms with E-state index in [0.717, 1.165) is 39.1 Å². The van der Waals surface area contributed by atoms with Crippen molar-refractivity contribution in [2.45, 2.75) is 12.1 Å². The van der Waals surface area contributed by atoms with Crippen LogP contribution in [0, 0.1) is 0 Å². The SMILES string of the molecule is CCOc1cccc(-c2nnc3n2N=C(CBr)CS3)c1. The molecular formula is C13H13BrN4OS. The van der Waals surface area contributed by atoms with Crippen molar-refractivity contribution in [2.24, 2.45) is 5.10 Å². The van der Waals surface area contributed by atoms with Gasteiger partial charge in [0.25, 0.3) is 0 Å². The molecule has 0 saturated carbocycles. The molecule has 7 heteroatoms. The Morgan fingerprint density at radius 3 is 3.10 bits per heavy atom. The van der Waals surface area contributed by atoms with Crippen molar-refractivity contribution in [3.8, 4) is 17.1 Å². The number of hydrogen-bond acceptors (Lipinski definition) is 5. The highest BCUT2D eigenvalue weighted by molar-refractivity contribution is 9.09. The highest BCUT2D eigenvalue weighted by Gasteiger charge is 2.19. The maximum atomic E-state index is 5.52. The maximum absolute atomic E-state index is 5.52. The summed E-state index contributed by atoms with van der Waals surface area (Å²) in [5, 5.41) is 14.6. The molecule has 1 aliphatic rings. The lowest BCUT2D eigenvalue weighted by Crippen LogP contribution is -2.13. The van der Waals surface area contributed by atoms with Crippen molar-refractivity contribution in [1.29, 1.82) is 0 Å². The monoisotopic (exact) mass is 352 g/mol. The van der Waals surface area contributed by atoms with Crippen molar-refractivity contribution in [3.05, 3.63) is 24.3 Å². The van der Waals surface area contributed by atoms with Gasteiger partial charge in [-0.25, -0.2) is 0 Å². The van der Waals surface area contributed by atoms with E-state index < -0.39 is 0 Å². The van der Waals surface area contributed by atoms with Gasteiger partial charge in [0.2, 0.25) is 5.16 Å². The first-order valence-corrected chi connectivity index (χ1v) is 8.36. The lowest BCUT2D eigenvalue weighted by Gasteiger charge is -2.12. The van der Waals surface area contributed by atoms with Crippen LogP contribution < -0.4 is 4.74 Å². The number of rotatable bonds is 4. The molecule has 2 aromatic rings. The molecule has 5 nitrogen and oxygen atoms in total. The van der Waals surface area contributed by atoms with Gasteiger partial charge in [0.05, 0.1) is 12.3 Å². The van der Waals surface area contributed by atoms with Crippen molar-refractivity contribution >= 4 is 33.4 Å². The summed E-state index contributed by atoms with van der Waals surface area (Å²) in [5.41, 5.74) is 2.03. The first kappa shape index (κ1) is 13.6. The second-order valence-electron chi connectivity index (χ2n) is 4.17. The van der Waals surface area contributed by atoms with Crippen molar-refractivity contribution in [3.63, 3.8) is 0 Å². The number of aromatic nitrogens is 3. The van der Waals surface area contributed by atoms with Crippen molar-refractivity contribution in [1.82, 2.24) is 14.9 Å². The zero-order chi connectivity index (χ0) is 13.9. The van der Waals surface area contributed by atoms with Gasteiger partial charge in [-0.2, -0.15) is 9.78 Å². The summed E-state index contributed by atoms with van der Waals surface area (Å²) >= 11 is 5.09. The van der Waals surface area contributed by atoms with Crippen LogP contribution in [0.2, 0.25) is 0 Å². The molecule has 0 spiro atoms. The largest absolute Gasteiger partial charge is 0.494 e. The smallest absolute Gasteiger partial charge is 0.212 e. The molecule has 2 heterocycles. The molecule has 0 radical (unpaired) electrons. The second kappa shape index (κ2) is 5.97. The zero-order valence-corrected chi connectivity index (χ0v) is 13.3. The normalized spacial score (nSPS) is 13.8. The Kier molecular flexibility index (Phi) is 4.07. The quantitative estimate of drug-likeness (QED) is 0.793. The minimum Gasteiger partial charge on any atom is -0.494 e. The fraction of sp³-hybridized carbons (Fsp3) is 0.308. The summed E-state index contributed by atoms with van der Waals surface area (Å²) in [5.74, 6) is 2.42. The number of thioether (sulfide) groups is 1. The van der Waals surface area contributed by atoms with Gasteiger partial charge >= 0.3 is 0 Å². The van der Waals surface area contributed by atoms with Gasteiger partial charge in [-0.05, 0) is 19.1 Å². The van der Waals surface area contributed by atoms with Crippen molar-refractivity contribution in [2.75, 3.05) is 17.7 Å². The average Bonchev–Trinajstić information content (AvgIpc) is 2.90. The third-order valence-corrected chi connectivity index (χ3v) is 4.42. The average molecular weight is 353 g/mol. The Balaban J connectivity index is 2.02. The lowest BCUT2D eigenvalue weighted by atomic mass is 10.2. The van der Waals surface area contributed by atoms with Crippen LogP contribution in [0.15, 0.2) is 34.5 Å². The van der Waals surface area contributed by atoms with Gasteiger partial charge < -0.3 is 4.74 Å². The summed E-state index contributed by atoms with van der Waals surface area (Å²) in [6.07, 6.45) is 0. The van der Waals surface area contributed by atoms with E-state index in [-0.39, 0.29) is 0 Å². The third-order valence-electron chi connectivity index (χ3n) is 2.78.